The van der Waals surface area contributed by atoms with Gasteiger partial charge in [0.15, 0.2) is 5.82 Å². The van der Waals surface area contributed by atoms with Crippen molar-refractivity contribution >= 4 is 32.4 Å². The molecule has 1 aromatic carbocycles. The van der Waals surface area contributed by atoms with E-state index >= 15 is 0 Å². The fourth-order valence-corrected chi connectivity index (χ4v) is 4.75. The molecule has 2 N–H and O–H groups in total. The Morgan fingerprint density at radius 2 is 1.79 bits per heavy atom. The van der Waals surface area contributed by atoms with E-state index < -0.39 is 10.0 Å². The number of pyridine rings is 1. The second-order valence-corrected chi connectivity index (χ2v) is 9.74. The summed E-state index contributed by atoms with van der Waals surface area (Å²) < 4.78 is 27.6. The molecule has 0 atom stereocenters. The number of hydrogen-bond acceptors (Lipinski definition) is 5. The summed E-state index contributed by atoms with van der Waals surface area (Å²) in [6.45, 7) is 0. The number of aromatic nitrogens is 3. The SMILES string of the molecule is CN(C)S(=O)(=O)c1ccc(Nc2nn(C3CCCCC3)c3cc[nH]c(=O)c23)cc1. The standard InChI is InChI=1S/C20H25N5O3S/c1-24(2)29(27,28)16-10-8-14(9-11-16)22-19-18-17(12-13-21-20(18)26)25(23-19)15-6-4-3-5-7-15/h8-13,15H,3-7H2,1-2H3,(H,21,26)(H,22,23). The van der Waals surface area contributed by atoms with Crippen molar-refractivity contribution < 1.29 is 8.42 Å². The third-order valence-electron chi connectivity index (χ3n) is 5.45. The first-order valence-corrected chi connectivity index (χ1v) is 11.2. The molecule has 0 saturated heterocycles. The Balaban J connectivity index is 1.70. The molecule has 1 fully saturated rings. The lowest BCUT2D eigenvalue weighted by Gasteiger charge is -2.22. The third-order valence-corrected chi connectivity index (χ3v) is 7.28. The lowest BCUT2D eigenvalue weighted by molar-refractivity contribution is 0.338. The zero-order chi connectivity index (χ0) is 20.6. The van der Waals surface area contributed by atoms with Crippen LogP contribution in [0, 0.1) is 0 Å². The molecule has 1 aliphatic rings. The van der Waals surface area contributed by atoms with Crippen molar-refractivity contribution in [2.75, 3.05) is 19.4 Å². The smallest absolute Gasteiger partial charge is 0.261 e. The van der Waals surface area contributed by atoms with Crippen molar-refractivity contribution in [3.05, 3.63) is 46.9 Å². The Hall–Kier alpha value is -2.65. The van der Waals surface area contributed by atoms with Gasteiger partial charge in [-0.3, -0.25) is 9.48 Å². The Morgan fingerprint density at radius 3 is 2.45 bits per heavy atom. The molecule has 0 radical (unpaired) electrons. The number of H-pyrrole nitrogens is 1. The van der Waals surface area contributed by atoms with Crippen LogP contribution in [0.4, 0.5) is 11.5 Å². The average Bonchev–Trinajstić information content (AvgIpc) is 3.08. The summed E-state index contributed by atoms with van der Waals surface area (Å²) in [5, 5.41) is 8.44. The van der Waals surface area contributed by atoms with Gasteiger partial charge in [0.25, 0.3) is 5.56 Å². The first kappa shape index (κ1) is 19.7. The minimum atomic E-state index is -3.49. The maximum absolute atomic E-state index is 12.5. The molecule has 4 rings (SSSR count). The number of aromatic amines is 1. The molecule has 0 spiro atoms. The molecular weight excluding hydrogens is 390 g/mol. The number of nitrogens with zero attached hydrogens (tertiary/aromatic N) is 3. The Bertz CT molecular complexity index is 1170. The van der Waals surface area contributed by atoms with E-state index in [0.717, 1.165) is 18.4 Å². The Labute approximate surface area is 169 Å². The molecule has 8 nitrogen and oxygen atoms in total. The highest BCUT2D eigenvalue weighted by atomic mass is 32.2. The highest BCUT2D eigenvalue weighted by Gasteiger charge is 2.22. The number of benzene rings is 1. The quantitative estimate of drug-likeness (QED) is 0.666. The van der Waals surface area contributed by atoms with Crippen LogP contribution in [0.15, 0.2) is 46.2 Å². The van der Waals surface area contributed by atoms with Crippen molar-refractivity contribution in [1.82, 2.24) is 19.1 Å². The first-order chi connectivity index (χ1) is 13.9. The lowest BCUT2D eigenvalue weighted by Crippen LogP contribution is -2.22. The molecule has 9 heteroatoms. The van der Waals surface area contributed by atoms with E-state index in [9.17, 15) is 13.2 Å². The Morgan fingerprint density at radius 1 is 1.10 bits per heavy atom. The molecule has 2 heterocycles. The number of fused-ring (bicyclic) bond motifs is 1. The van der Waals surface area contributed by atoms with E-state index in [-0.39, 0.29) is 16.5 Å². The summed E-state index contributed by atoms with van der Waals surface area (Å²) in [6, 6.07) is 8.62. The average molecular weight is 416 g/mol. The van der Waals surface area contributed by atoms with Gasteiger partial charge in [0.1, 0.15) is 5.39 Å². The molecule has 0 bridgehead atoms. The number of hydrogen-bond donors (Lipinski definition) is 2. The van der Waals surface area contributed by atoms with Gasteiger partial charge in [-0.25, -0.2) is 12.7 Å². The minimum Gasteiger partial charge on any atom is -0.338 e. The van der Waals surface area contributed by atoms with Gasteiger partial charge in [0.05, 0.1) is 16.5 Å². The topological polar surface area (TPSA) is 100 Å². The molecule has 0 amide bonds. The summed E-state index contributed by atoms with van der Waals surface area (Å²) in [5.74, 6) is 0.482. The highest BCUT2D eigenvalue weighted by molar-refractivity contribution is 7.89. The predicted octanol–water partition coefficient (Wildman–Crippen LogP) is 3.22. The van der Waals surface area contributed by atoms with Crippen LogP contribution in [-0.2, 0) is 10.0 Å². The Kier molecular flexibility index (Phi) is 5.18. The number of anilines is 2. The van der Waals surface area contributed by atoms with Crippen molar-refractivity contribution in [3.8, 4) is 0 Å². The molecule has 0 unspecified atom stereocenters. The summed E-state index contributed by atoms with van der Waals surface area (Å²) in [6.07, 6.45) is 7.33. The summed E-state index contributed by atoms with van der Waals surface area (Å²) in [5.41, 5.74) is 1.29. The summed E-state index contributed by atoms with van der Waals surface area (Å²) >= 11 is 0. The molecule has 3 aromatic rings. The van der Waals surface area contributed by atoms with Gasteiger partial charge in [-0.15, -0.1) is 0 Å². The van der Waals surface area contributed by atoms with Crippen molar-refractivity contribution in [2.24, 2.45) is 0 Å². The molecular formula is C20H25N5O3S. The molecule has 1 aliphatic carbocycles. The van der Waals surface area contributed by atoms with E-state index in [0.29, 0.717) is 16.9 Å². The molecule has 0 aliphatic heterocycles. The van der Waals surface area contributed by atoms with Gasteiger partial charge in [-0.05, 0) is 43.2 Å². The summed E-state index contributed by atoms with van der Waals surface area (Å²) in [4.78, 5) is 15.4. The fraction of sp³-hybridized carbons (Fsp3) is 0.400. The van der Waals surface area contributed by atoms with Crippen molar-refractivity contribution in [1.29, 1.82) is 0 Å². The largest absolute Gasteiger partial charge is 0.338 e. The van der Waals surface area contributed by atoms with Gasteiger partial charge in [-0.1, -0.05) is 19.3 Å². The number of rotatable bonds is 5. The maximum atomic E-state index is 12.5. The minimum absolute atomic E-state index is 0.195. The van der Waals surface area contributed by atoms with Crippen LogP contribution in [-0.4, -0.2) is 41.6 Å². The van der Waals surface area contributed by atoms with Crippen LogP contribution in [0.1, 0.15) is 38.1 Å². The second-order valence-electron chi connectivity index (χ2n) is 7.59. The molecule has 29 heavy (non-hydrogen) atoms. The summed E-state index contributed by atoms with van der Waals surface area (Å²) in [7, 11) is -0.492. The monoisotopic (exact) mass is 415 g/mol. The van der Waals surface area contributed by atoms with Crippen molar-refractivity contribution in [2.45, 2.75) is 43.0 Å². The van der Waals surface area contributed by atoms with E-state index in [1.807, 2.05) is 10.7 Å². The lowest BCUT2D eigenvalue weighted by atomic mass is 9.95. The van der Waals surface area contributed by atoms with E-state index in [1.54, 1.807) is 30.5 Å². The number of sulfonamides is 1. The van der Waals surface area contributed by atoms with Gasteiger partial charge in [-0.2, -0.15) is 5.10 Å². The highest BCUT2D eigenvalue weighted by Crippen LogP contribution is 2.32. The second kappa shape index (κ2) is 7.64. The van der Waals surface area contributed by atoms with Crippen LogP contribution in [0.5, 0.6) is 0 Å². The third kappa shape index (κ3) is 3.67. The normalized spacial score (nSPS) is 15.8. The fourth-order valence-electron chi connectivity index (χ4n) is 3.85. The van der Waals surface area contributed by atoms with Crippen LogP contribution >= 0.6 is 0 Å². The van der Waals surface area contributed by atoms with Crippen LogP contribution in [0.2, 0.25) is 0 Å². The van der Waals surface area contributed by atoms with E-state index in [1.165, 1.54) is 37.7 Å². The van der Waals surface area contributed by atoms with Crippen LogP contribution in [0.3, 0.4) is 0 Å². The molecule has 1 saturated carbocycles. The predicted molar refractivity (Wildman–Crippen MR) is 113 cm³/mol. The molecule has 2 aromatic heterocycles. The van der Waals surface area contributed by atoms with Gasteiger partial charge < -0.3 is 10.3 Å². The van der Waals surface area contributed by atoms with Gasteiger partial charge in [0.2, 0.25) is 10.0 Å². The molecule has 154 valence electrons. The van der Waals surface area contributed by atoms with E-state index in [4.69, 9.17) is 5.10 Å². The maximum Gasteiger partial charge on any atom is 0.261 e. The van der Waals surface area contributed by atoms with Gasteiger partial charge in [0, 0.05) is 26.0 Å². The van der Waals surface area contributed by atoms with Gasteiger partial charge >= 0.3 is 0 Å². The zero-order valence-electron chi connectivity index (χ0n) is 16.6. The first-order valence-electron chi connectivity index (χ1n) is 9.77. The van der Waals surface area contributed by atoms with Crippen molar-refractivity contribution in [3.63, 3.8) is 0 Å². The van der Waals surface area contributed by atoms with Crippen LogP contribution in [0.25, 0.3) is 10.9 Å². The zero-order valence-corrected chi connectivity index (χ0v) is 17.4. The number of nitrogens with one attached hydrogen (secondary N) is 2. The van der Waals surface area contributed by atoms with E-state index in [2.05, 4.69) is 10.3 Å². The van der Waals surface area contributed by atoms with Crippen LogP contribution < -0.4 is 10.9 Å².